The molecule has 6 nitrogen and oxygen atoms in total. The van der Waals surface area contributed by atoms with Crippen LogP contribution in [0.5, 0.6) is 0 Å². The average Bonchev–Trinajstić information content (AvgIpc) is 2.71. The molecule has 0 aromatic heterocycles. The number of aliphatic hydroxyl groups is 2. The van der Waals surface area contributed by atoms with Crippen molar-refractivity contribution in [3.63, 3.8) is 0 Å². The van der Waals surface area contributed by atoms with Crippen molar-refractivity contribution in [1.29, 1.82) is 0 Å². The number of esters is 2. The first-order valence-corrected chi connectivity index (χ1v) is 11.8. The summed E-state index contributed by atoms with van der Waals surface area (Å²) in [5, 5.41) is 19.3. The normalized spacial score (nSPS) is 37.3. The molecule has 1 fully saturated rings. The zero-order valence-corrected chi connectivity index (χ0v) is 19.2. The molecule has 174 valence electrons. The van der Waals surface area contributed by atoms with Gasteiger partial charge in [0.1, 0.15) is 12.2 Å². The van der Waals surface area contributed by atoms with E-state index < -0.39 is 6.10 Å². The van der Waals surface area contributed by atoms with Crippen LogP contribution >= 0.6 is 0 Å². The van der Waals surface area contributed by atoms with Crippen LogP contribution in [0.4, 0.5) is 0 Å². The third-order valence-corrected chi connectivity index (χ3v) is 7.43. The summed E-state index contributed by atoms with van der Waals surface area (Å²) < 4.78 is 11.5. The van der Waals surface area contributed by atoms with Gasteiger partial charge in [0, 0.05) is 18.9 Å². The first-order valence-electron chi connectivity index (χ1n) is 11.8. The summed E-state index contributed by atoms with van der Waals surface area (Å²) in [6.07, 6.45) is 8.49. The van der Waals surface area contributed by atoms with Gasteiger partial charge < -0.3 is 19.7 Å². The zero-order valence-electron chi connectivity index (χ0n) is 19.2. The molecule has 6 heteroatoms. The highest BCUT2D eigenvalue weighted by atomic mass is 16.6. The second kappa shape index (κ2) is 10.3. The number of carbonyl (C=O) groups is 2. The van der Waals surface area contributed by atoms with E-state index >= 15 is 0 Å². The first kappa shape index (κ1) is 24.0. The number of ether oxygens (including phenoxy) is 2. The molecule has 0 amide bonds. The van der Waals surface area contributed by atoms with E-state index in [9.17, 15) is 19.8 Å². The number of allylic oxidation sites excluding steroid dienone is 3. The van der Waals surface area contributed by atoms with Crippen molar-refractivity contribution in [2.24, 2.45) is 35.5 Å². The monoisotopic (exact) mass is 434 g/mol. The van der Waals surface area contributed by atoms with Crippen molar-refractivity contribution >= 4 is 11.9 Å². The molecule has 1 heterocycles. The maximum absolute atomic E-state index is 12.8. The first-order chi connectivity index (χ1) is 14.7. The molecular formula is C25H38O6. The lowest BCUT2D eigenvalue weighted by atomic mass is 9.65. The van der Waals surface area contributed by atoms with E-state index in [0.29, 0.717) is 24.7 Å². The molecule has 1 aliphatic heterocycles. The Hall–Kier alpha value is -1.66. The Labute approximate surface area is 185 Å². The summed E-state index contributed by atoms with van der Waals surface area (Å²) in [4.78, 5) is 24.5. The van der Waals surface area contributed by atoms with Gasteiger partial charge in [0.25, 0.3) is 0 Å². The molecule has 2 aliphatic carbocycles. The van der Waals surface area contributed by atoms with Crippen molar-refractivity contribution in [2.75, 3.05) is 6.61 Å². The highest BCUT2D eigenvalue weighted by molar-refractivity contribution is 5.72. The molecule has 0 bridgehead atoms. The van der Waals surface area contributed by atoms with Gasteiger partial charge in [0.05, 0.1) is 18.4 Å². The molecule has 0 aromatic rings. The second-order valence-electron chi connectivity index (χ2n) is 9.99. The van der Waals surface area contributed by atoms with Gasteiger partial charge >= 0.3 is 11.9 Å². The summed E-state index contributed by atoms with van der Waals surface area (Å²) in [6.45, 7) is 7.96. The van der Waals surface area contributed by atoms with Crippen LogP contribution < -0.4 is 0 Å². The number of hydrogen-bond acceptors (Lipinski definition) is 6. The van der Waals surface area contributed by atoms with Gasteiger partial charge in [-0.3, -0.25) is 9.59 Å². The molecule has 0 spiro atoms. The number of carbonyl (C=O) groups excluding carboxylic acids is 2. The predicted octanol–water partition coefficient (Wildman–Crippen LogP) is 3.41. The number of rotatable bonds is 7. The number of cyclic esters (lactones) is 1. The minimum absolute atomic E-state index is 0.0414. The van der Waals surface area contributed by atoms with Crippen LogP contribution in [-0.2, 0) is 19.1 Å². The Morgan fingerprint density at radius 1 is 1.26 bits per heavy atom. The maximum Gasteiger partial charge on any atom is 0.309 e. The van der Waals surface area contributed by atoms with Crippen molar-refractivity contribution in [1.82, 2.24) is 0 Å². The molecule has 0 radical (unpaired) electrons. The third kappa shape index (κ3) is 5.78. The van der Waals surface area contributed by atoms with Crippen molar-refractivity contribution in [3.8, 4) is 0 Å². The van der Waals surface area contributed by atoms with Gasteiger partial charge in [-0.15, -0.1) is 0 Å². The maximum atomic E-state index is 12.8. The molecule has 1 saturated heterocycles. The summed E-state index contributed by atoms with van der Waals surface area (Å²) in [6, 6.07) is 0. The van der Waals surface area contributed by atoms with Gasteiger partial charge in [-0.05, 0) is 48.5 Å². The van der Waals surface area contributed by atoms with E-state index in [0.717, 1.165) is 12.8 Å². The Morgan fingerprint density at radius 3 is 2.68 bits per heavy atom. The Morgan fingerprint density at radius 2 is 2.00 bits per heavy atom. The van der Waals surface area contributed by atoms with Gasteiger partial charge in [0.2, 0.25) is 0 Å². The average molecular weight is 435 g/mol. The van der Waals surface area contributed by atoms with Crippen LogP contribution in [0.15, 0.2) is 23.8 Å². The molecule has 9 atom stereocenters. The van der Waals surface area contributed by atoms with Crippen LogP contribution in [0.1, 0.15) is 59.8 Å². The van der Waals surface area contributed by atoms with E-state index in [-0.39, 0.29) is 60.8 Å². The van der Waals surface area contributed by atoms with Crippen LogP contribution in [0, 0.1) is 35.5 Å². The predicted molar refractivity (Wildman–Crippen MR) is 117 cm³/mol. The Bertz CT molecular complexity index is 713. The minimum atomic E-state index is -0.621. The highest BCUT2D eigenvalue weighted by Gasteiger charge is 2.42. The quantitative estimate of drug-likeness (QED) is 0.597. The van der Waals surface area contributed by atoms with Crippen LogP contribution in [0.3, 0.4) is 0 Å². The smallest absolute Gasteiger partial charge is 0.309 e. The molecule has 2 N–H and O–H groups in total. The van der Waals surface area contributed by atoms with E-state index in [1.165, 1.54) is 5.57 Å². The Kier molecular flexibility index (Phi) is 7.98. The number of hydrogen-bond donors (Lipinski definition) is 2. The Balaban J connectivity index is 1.74. The lowest BCUT2D eigenvalue weighted by Crippen LogP contribution is -2.42. The van der Waals surface area contributed by atoms with Crippen molar-refractivity contribution in [3.05, 3.63) is 23.8 Å². The lowest BCUT2D eigenvalue weighted by Gasteiger charge is -2.43. The second-order valence-corrected chi connectivity index (χ2v) is 9.99. The lowest BCUT2D eigenvalue weighted by molar-refractivity contribution is -0.163. The molecular weight excluding hydrogens is 396 g/mol. The fraction of sp³-hybridized carbons (Fsp3) is 0.760. The molecule has 1 unspecified atom stereocenters. The van der Waals surface area contributed by atoms with Crippen LogP contribution in [0.2, 0.25) is 0 Å². The topological polar surface area (TPSA) is 93.1 Å². The molecule has 31 heavy (non-hydrogen) atoms. The number of fused-ring (bicyclic) bond motifs is 1. The van der Waals surface area contributed by atoms with Gasteiger partial charge in [-0.1, -0.05) is 45.9 Å². The third-order valence-electron chi connectivity index (χ3n) is 7.43. The number of aliphatic hydroxyl groups excluding tert-OH is 2. The van der Waals surface area contributed by atoms with Crippen molar-refractivity contribution < 1.29 is 29.3 Å². The van der Waals surface area contributed by atoms with E-state index in [1.807, 2.05) is 13.8 Å². The highest BCUT2D eigenvalue weighted by Crippen LogP contribution is 2.45. The largest absolute Gasteiger partial charge is 0.462 e. The van der Waals surface area contributed by atoms with E-state index in [1.54, 1.807) is 0 Å². The summed E-state index contributed by atoms with van der Waals surface area (Å²) in [5.74, 6) is -0.0513. The van der Waals surface area contributed by atoms with Crippen LogP contribution in [-0.4, -0.2) is 47.1 Å². The standard InChI is InChI=1S/C25H38O6/c1-14-9-18-6-5-15(2)21(8-7-20-11-19(27)12-23(28)30-20)24(18)22(10-14)31-25(29)17(4)16(3)13-26/h5-6,9,14-17,19-22,24,26-27H,7-8,10-13H2,1-4H3/t14-,15-,16?,17-,19+,20-,21-,22-,24-/m0/s1. The summed E-state index contributed by atoms with van der Waals surface area (Å²) in [7, 11) is 0. The fourth-order valence-corrected chi connectivity index (χ4v) is 5.28. The van der Waals surface area contributed by atoms with E-state index in [4.69, 9.17) is 9.47 Å². The zero-order chi connectivity index (χ0) is 22.7. The van der Waals surface area contributed by atoms with Crippen LogP contribution in [0.25, 0.3) is 0 Å². The fourth-order valence-electron chi connectivity index (χ4n) is 5.28. The van der Waals surface area contributed by atoms with Gasteiger partial charge in [-0.2, -0.15) is 0 Å². The minimum Gasteiger partial charge on any atom is -0.462 e. The molecule has 3 rings (SSSR count). The summed E-state index contributed by atoms with van der Waals surface area (Å²) >= 11 is 0. The SMILES string of the molecule is CC(CO)[C@H](C)C(=O)O[C@H]1C[C@@H](C)C=C2C=C[C@H](C)[C@H](CC[C@H]3C[C@@H](O)CC(=O)O3)[C@H]21. The van der Waals surface area contributed by atoms with Gasteiger partial charge in [0.15, 0.2) is 0 Å². The van der Waals surface area contributed by atoms with Crippen molar-refractivity contribution in [2.45, 2.75) is 78.1 Å². The molecule has 3 aliphatic rings. The van der Waals surface area contributed by atoms with E-state index in [2.05, 4.69) is 32.1 Å². The molecule has 0 saturated carbocycles. The van der Waals surface area contributed by atoms with Gasteiger partial charge in [-0.25, -0.2) is 0 Å². The summed E-state index contributed by atoms with van der Waals surface area (Å²) in [5.41, 5.74) is 1.23. The molecule has 0 aromatic carbocycles.